The van der Waals surface area contributed by atoms with Gasteiger partial charge in [-0.3, -0.25) is 9.78 Å². The molecular weight excluding hydrogens is 555 g/mol. The number of benzene rings is 1. The standard InChI is InChI=1S/C32H31ClFN6O2/c1-7-21-10-9-11-24(34)26(21)29-23(33)14-22-30(38-18(4)15-37(16-19(38)5)25(41)8-2)36-32(42)40-28-17(3)12-13-35-27(28)20(6)39(29)31(22)40/h7-14,18-20H,1-2,15-16H2,3-6H3/q+1/t18-,19-,20?/m0/s1. The van der Waals surface area contributed by atoms with Crippen LogP contribution >= 0.6 is 11.6 Å². The van der Waals surface area contributed by atoms with Gasteiger partial charge >= 0.3 is 11.3 Å². The lowest BCUT2D eigenvalue weighted by molar-refractivity contribution is -0.679. The quantitative estimate of drug-likeness (QED) is 0.249. The minimum atomic E-state index is -0.481. The molecule has 0 saturated carbocycles. The van der Waals surface area contributed by atoms with E-state index in [0.29, 0.717) is 57.6 Å². The first-order valence-corrected chi connectivity index (χ1v) is 14.2. The molecule has 1 saturated heterocycles. The molecule has 0 N–H and O–H groups in total. The lowest BCUT2D eigenvalue weighted by Crippen LogP contribution is -2.59. The Labute approximate surface area is 248 Å². The lowest BCUT2D eigenvalue weighted by Gasteiger charge is -2.45. The Morgan fingerprint density at radius 3 is 2.55 bits per heavy atom. The molecule has 3 aromatic heterocycles. The highest BCUT2D eigenvalue weighted by atomic mass is 35.5. The van der Waals surface area contributed by atoms with E-state index in [9.17, 15) is 9.59 Å². The van der Waals surface area contributed by atoms with Crippen LogP contribution in [0.2, 0.25) is 5.02 Å². The summed E-state index contributed by atoms with van der Waals surface area (Å²) in [6, 6.07) is 7.69. The van der Waals surface area contributed by atoms with Gasteiger partial charge in [0.2, 0.25) is 5.91 Å². The number of piperazine rings is 1. The van der Waals surface area contributed by atoms with Crippen molar-refractivity contribution in [1.82, 2.24) is 19.4 Å². The van der Waals surface area contributed by atoms with Crippen LogP contribution in [0.25, 0.3) is 34.1 Å². The van der Waals surface area contributed by atoms with E-state index in [2.05, 4.69) is 28.0 Å². The van der Waals surface area contributed by atoms with E-state index in [1.807, 2.05) is 38.3 Å². The van der Waals surface area contributed by atoms with Gasteiger partial charge in [-0.05, 0) is 57.5 Å². The molecule has 8 nitrogen and oxygen atoms in total. The largest absolute Gasteiger partial charge is 0.442 e. The van der Waals surface area contributed by atoms with Crippen molar-refractivity contribution in [2.75, 3.05) is 18.0 Å². The lowest BCUT2D eigenvalue weighted by atomic mass is 9.98. The summed E-state index contributed by atoms with van der Waals surface area (Å²) in [5.41, 5.74) is 3.53. The van der Waals surface area contributed by atoms with Crippen LogP contribution in [0.4, 0.5) is 10.2 Å². The maximum absolute atomic E-state index is 15.6. The molecular formula is C32H31ClFN6O2+. The molecule has 1 amide bonds. The van der Waals surface area contributed by atoms with Crippen molar-refractivity contribution in [1.29, 1.82) is 0 Å². The molecule has 1 aromatic carbocycles. The zero-order valence-electron chi connectivity index (χ0n) is 23.9. The number of pyridine rings is 2. The maximum Gasteiger partial charge on any atom is 0.442 e. The smallest absolute Gasteiger partial charge is 0.347 e. The average Bonchev–Trinajstić information content (AvgIpc) is 2.96. The minimum absolute atomic E-state index is 0.141. The van der Waals surface area contributed by atoms with E-state index < -0.39 is 17.5 Å². The van der Waals surface area contributed by atoms with E-state index in [0.717, 1.165) is 5.56 Å². The third kappa shape index (κ3) is 3.98. The van der Waals surface area contributed by atoms with Crippen LogP contribution in [0, 0.1) is 12.7 Å². The number of hydrogen-bond acceptors (Lipinski definition) is 5. The van der Waals surface area contributed by atoms with Gasteiger partial charge in [-0.15, -0.1) is 4.57 Å². The maximum atomic E-state index is 15.6. The summed E-state index contributed by atoms with van der Waals surface area (Å²) in [6.07, 6.45) is 4.61. The molecule has 214 valence electrons. The van der Waals surface area contributed by atoms with Crippen LogP contribution in [-0.4, -0.2) is 50.5 Å². The Kier molecular flexibility index (Phi) is 6.73. The molecule has 10 heteroatoms. The second kappa shape index (κ2) is 10.2. The molecule has 2 aliphatic rings. The number of amides is 1. The number of aryl methyl sites for hydroxylation is 1. The molecule has 1 fully saturated rings. The Morgan fingerprint density at radius 1 is 1.17 bits per heavy atom. The summed E-state index contributed by atoms with van der Waals surface area (Å²) in [5, 5.41) is 0.940. The molecule has 2 aliphatic heterocycles. The van der Waals surface area contributed by atoms with Gasteiger partial charge < -0.3 is 9.80 Å². The van der Waals surface area contributed by atoms with Crippen molar-refractivity contribution in [3.8, 4) is 16.9 Å². The second-order valence-corrected chi connectivity index (χ2v) is 11.4. The molecule has 0 radical (unpaired) electrons. The zero-order valence-corrected chi connectivity index (χ0v) is 24.7. The van der Waals surface area contributed by atoms with Gasteiger partial charge in [-0.1, -0.05) is 43.0 Å². The van der Waals surface area contributed by atoms with Crippen LogP contribution in [0.1, 0.15) is 43.6 Å². The number of nitrogens with zero attached hydrogens (tertiary/aromatic N) is 6. The third-order valence-electron chi connectivity index (χ3n) is 8.37. The van der Waals surface area contributed by atoms with E-state index in [1.54, 1.807) is 39.9 Å². The van der Waals surface area contributed by atoms with Gasteiger partial charge in [-0.2, -0.15) is 4.98 Å². The predicted octanol–water partition coefficient (Wildman–Crippen LogP) is 5.01. The van der Waals surface area contributed by atoms with E-state index >= 15 is 4.39 Å². The normalized spacial score (nSPS) is 19.5. The van der Waals surface area contributed by atoms with Crippen LogP contribution < -0.4 is 15.2 Å². The van der Waals surface area contributed by atoms with Crippen molar-refractivity contribution >= 4 is 40.4 Å². The first-order chi connectivity index (χ1) is 20.1. The van der Waals surface area contributed by atoms with Crippen LogP contribution in [0.3, 0.4) is 0 Å². The van der Waals surface area contributed by atoms with Crippen LogP contribution in [0.15, 0.2) is 60.6 Å². The fraction of sp³-hybridized carbons (Fsp3) is 0.281. The molecule has 4 aromatic rings. The number of halogens is 2. The van der Waals surface area contributed by atoms with Gasteiger partial charge in [0.05, 0.1) is 10.6 Å². The number of carbonyl (C=O) groups excluding carboxylic acids is 1. The Balaban J connectivity index is 1.73. The summed E-state index contributed by atoms with van der Waals surface area (Å²) in [5.74, 6) is -0.132. The number of hydrogen-bond donors (Lipinski definition) is 0. The second-order valence-electron chi connectivity index (χ2n) is 11.0. The van der Waals surface area contributed by atoms with Crippen molar-refractivity contribution in [2.45, 2.75) is 45.8 Å². The van der Waals surface area contributed by atoms with Crippen molar-refractivity contribution in [3.05, 3.63) is 93.9 Å². The average molecular weight is 586 g/mol. The Morgan fingerprint density at radius 2 is 1.88 bits per heavy atom. The fourth-order valence-corrected chi connectivity index (χ4v) is 6.90. The highest BCUT2D eigenvalue weighted by Gasteiger charge is 2.42. The summed E-state index contributed by atoms with van der Waals surface area (Å²) in [7, 11) is 0. The molecule has 0 bridgehead atoms. The first kappa shape index (κ1) is 27.8. The van der Waals surface area contributed by atoms with Gasteiger partial charge in [0.1, 0.15) is 22.9 Å². The highest BCUT2D eigenvalue weighted by Crippen LogP contribution is 2.40. The predicted molar refractivity (Wildman–Crippen MR) is 163 cm³/mol. The summed E-state index contributed by atoms with van der Waals surface area (Å²) in [4.78, 5) is 39.6. The van der Waals surface area contributed by atoms with Crippen molar-refractivity contribution in [3.63, 3.8) is 0 Å². The molecule has 5 heterocycles. The van der Waals surface area contributed by atoms with E-state index in [1.165, 1.54) is 12.1 Å². The SMILES string of the molecule is C=CC(=O)N1C[C@H](C)N(c2nc(=O)n3c4c2cc(Cl)c(-c2c(F)cccc2C=C)[n+]4C(C)c2nccc(C)c2-3)[C@@H](C)C1. The van der Waals surface area contributed by atoms with Gasteiger partial charge in [0.15, 0.2) is 17.2 Å². The third-order valence-corrected chi connectivity index (χ3v) is 8.65. The van der Waals surface area contributed by atoms with Gasteiger partial charge in [0.25, 0.3) is 0 Å². The monoisotopic (exact) mass is 585 g/mol. The number of rotatable bonds is 4. The van der Waals surface area contributed by atoms with Crippen molar-refractivity contribution in [2.24, 2.45) is 0 Å². The Bertz CT molecular complexity index is 1870. The molecule has 6 rings (SSSR count). The highest BCUT2D eigenvalue weighted by molar-refractivity contribution is 6.33. The summed E-state index contributed by atoms with van der Waals surface area (Å²) < 4.78 is 19.1. The fourth-order valence-electron chi connectivity index (χ4n) is 6.61. The summed E-state index contributed by atoms with van der Waals surface area (Å²) >= 11 is 7.09. The number of aromatic nitrogens is 4. The Hall–Kier alpha value is -4.37. The minimum Gasteiger partial charge on any atom is -0.347 e. The first-order valence-electron chi connectivity index (χ1n) is 13.9. The molecule has 1 unspecified atom stereocenters. The number of anilines is 1. The van der Waals surface area contributed by atoms with Crippen LogP contribution in [-0.2, 0) is 4.79 Å². The number of fused-ring (bicyclic) bond motifs is 2. The molecule has 42 heavy (non-hydrogen) atoms. The van der Waals surface area contributed by atoms with Gasteiger partial charge in [0, 0.05) is 36.9 Å². The van der Waals surface area contributed by atoms with E-state index in [-0.39, 0.29) is 23.6 Å². The van der Waals surface area contributed by atoms with Gasteiger partial charge in [-0.25, -0.2) is 13.8 Å². The topological polar surface area (TPSA) is 75.2 Å². The van der Waals surface area contributed by atoms with Crippen LogP contribution in [0.5, 0.6) is 0 Å². The molecule has 0 aliphatic carbocycles. The van der Waals surface area contributed by atoms with Crippen molar-refractivity contribution < 1.29 is 13.8 Å². The summed E-state index contributed by atoms with van der Waals surface area (Å²) in [6.45, 7) is 16.3. The zero-order chi connectivity index (χ0) is 30.0. The molecule has 0 spiro atoms. The number of carbonyl (C=O) groups is 1. The molecule has 3 atom stereocenters. The van der Waals surface area contributed by atoms with E-state index in [4.69, 9.17) is 11.6 Å².